The molecule has 0 unspecified atom stereocenters. The molecule has 2 atom stereocenters. The van der Waals surface area contributed by atoms with Gasteiger partial charge in [-0.25, -0.2) is 4.79 Å². The van der Waals surface area contributed by atoms with Gasteiger partial charge in [0.05, 0.1) is 12.2 Å². The van der Waals surface area contributed by atoms with Crippen molar-refractivity contribution in [2.75, 3.05) is 11.9 Å². The van der Waals surface area contributed by atoms with Gasteiger partial charge >= 0.3 is 5.97 Å². The van der Waals surface area contributed by atoms with Crippen molar-refractivity contribution in [3.63, 3.8) is 0 Å². The summed E-state index contributed by atoms with van der Waals surface area (Å²) in [6, 6.07) is 10.1. The van der Waals surface area contributed by atoms with Crippen molar-refractivity contribution in [3.05, 3.63) is 51.9 Å². The summed E-state index contributed by atoms with van der Waals surface area (Å²) in [6.45, 7) is 2.15. The lowest BCUT2D eigenvalue weighted by atomic mass is 10.1. The van der Waals surface area contributed by atoms with Gasteiger partial charge in [0.2, 0.25) is 5.91 Å². The molecule has 4 nitrogen and oxygen atoms in total. The average Bonchev–Trinajstić information content (AvgIpc) is 3.18. The number of anilines is 1. The van der Waals surface area contributed by atoms with Gasteiger partial charge < -0.3 is 10.1 Å². The monoisotopic (exact) mass is 355 g/mol. The second-order valence-corrected chi connectivity index (χ2v) is 7.74. The number of carbonyl (C=O) groups excluding carboxylic acids is 2. The third-order valence-electron chi connectivity index (χ3n) is 4.99. The first-order valence-electron chi connectivity index (χ1n) is 8.86. The molecular formula is C20H21NO3S. The SMILES string of the molecule is CCOC(=O)c1c(NC(=O)[C@@H]2C[C@H]2c2ccccc2)sc2c1CCC2. The zero-order chi connectivity index (χ0) is 17.4. The zero-order valence-corrected chi connectivity index (χ0v) is 15.0. The van der Waals surface area contributed by atoms with Crippen molar-refractivity contribution in [3.8, 4) is 0 Å². The average molecular weight is 355 g/mol. The molecule has 2 aliphatic rings. The number of ether oxygens (including phenoxy) is 1. The highest BCUT2D eigenvalue weighted by Crippen LogP contribution is 2.48. The Bertz CT molecular complexity index is 812. The summed E-state index contributed by atoms with van der Waals surface area (Å²) < 4.78 is 5.22. The molecular weight excluding hydrogens is 334 g/mol. The van der Waals surface area contributed by atoms with Crippen LogP contribution in [0.3, 0.4) is 0 Å². The van der Waals surface area contributed by atoms with E-state index >= 15 is 0 Å². The van der Waals surface area contributed by atoms with Crippen LogP contribution in [0.25, 0.3) is 0 Å². The van der Waals surface area contributed by atoms with E-state index in [-0.39, 0.29) is 17.8 Å². The van der Waals surface area contributed by atoms with Crippen LogP contribution < -0.4 is 5.32 Å². The molecule has 2 aliphatic carbocycles. The Labute approximate surface area is 151 Å². The second kappa shape index (κ2) is 6.64. The number of hydrogen-bond donors (Lipinski definition) is 1. The quantitative estimate of drug-likeness (QED) is 0.820. The minimum Gasteiger partial charge on any atom is -0.462 e. The fourth-order valence-electron chi connectivity index (χ4n) is 3.67. The number of carbonyl (C=O) groups is 2. The molecule has 1 aromatic heterocycles. The van der Waals surface area contributed by atoms with Gasteiger partial charge in [0, 0.05) is 10.8 Å². The van der Waals surface area contributed by atoms with Crippen molar-refractivity contribution in [1.29, 1.82) is 0 Å². The van der Waals surface area contributed by atoms with E-state index in [1.54, 1.807) is 18.3 Å². The van der Waals surface area contributed by atoms with E-state index in [0.717, 1.165) is 31.2 Å². The van der Waals surface area contributed by atoms with Crippen LogP contribution in [0.15, 0.2) is 30.3 Å². The molecule has 2 aromatic rings. The maximum Gasteiger partial charge on any atom is 0.341 e. The summed E-state index contributed by atoms with van der Waals surface area (Å²) >= 11 is 1.54. The zero-order valence-electron chi connectivity index (χ0n) is 14.2. The molecule has 1 heterocycles. The van der Waals surface area contributed by atoms with Gasteiger partial charge in [-0.15, -0.1) is 11.3 Å². The third-order valence-corrected chi connectivity index (χ3v) is 6.20. The predicted molar refractivity (Wildman–Crippen MR) is 98.2 cm³/mol. The molecule has 1 fully saturated rings. The minimum absolute atomic E-state index is 0.00520. The molecule has 1 amide bonds. The first-order valence-corrected chi connectivity index (χ1v) is 9.68. The van der Waals surface area contributed by atoms with E-state index < -0.39 is 0 Å². The van der Waals surface area contributed by atoms with Crippen LogP contribution in [0.5, 0.6) is 0 Å². The Hall–Kier alpha value is -2.14. The van der Waals surface area contributed by atoms with Crippen LogP contribution in [0.2, 0.25) is 0 Å². The molecule has 0 bridgehead atoms. The molecule has 130 valence electrons. The number of esters is 1. The minimum atomic E-state index is -0.312. The van der Waals surface area contributed by atoms with Gasteiger partial charge in [0.15, 0.2) is 0 Å². The molecule has 1 saturated carbocycles. The summed E-state index contributed by atoms with van der Waals surface area (Å²) in [5, 5.41) is 3.69. The van der Waals surface area contributed by atoms with Crippen molar-refractivity contribution >= 4 is 28.2 Å². The standard InChI is InChI=1S/C20H21NO3S/c1-2-24-20(23)17-13-9-6-10-16(13)25-19(17)21-18(22)15-11-14(15)12-7-4-3-5-8-12/h3-5,7-8,14-15H,2,6,9-11H2,1H3,(H,21,22)/t14-,15+/m0/s1. The first kappa shape index (κ1) is 16.3. The third kappa shape index (κ3) is 3.09. The van der Waals surface area contributed by atoms with Gasteiger partial charge in [0.25, 0.3) is 0 Å². The van der Waals surface area contributed by atoms with Gasteiger partial charge in [-0.2, -0.15) is 0 Å². The number of fused-ring (bicyclic) bond motifs is 1. The fourth-order valence-corrected chi connectivity index (χ4v) is 4.95. The molecule has 25 heavy (non-hydrogen) atoms. The Balaban J connectivity index is 1.52. The Morgan fingerprint density at radius 1 is 1.24 bits per heavy atom. The second-order valence-electron chi connectivity index (χ2n) is 6.63. The van der Waals surface area contributed by atoms with Crippen molar-refractivity contribution in [2.24, 2.45) is 5.92 Å². The molecule has 0 aliphatic heterocycles. The lowest BCUT2D eigenvalue weighted by molar-refractivity contribution is -0.117. The first-order chi connectivity index (χ1) is 12.2. The van der Waals surface area contributed by atoms with Gasteiger partial charge in [0.1, 0.15) is 5.00 Å². The fraction of sp³-hybridized carbons (Fsp3) is 0.400. The van der Waals surface area contributed by atoms with Crippen LogP contribution in [-0.2, 0) is 22.4 Å². The van der Waals surface area contributed by atoms with Crippen LogP contribution in [0.1, 0.15) is 52.0 Å². The van der Waals surface area contributed by atoms with E-state index in [4.69, 9.17) is 4.74 Å². The maximum atomic E-state index is 12.7. The summed E-state index contributed by atoms with van der Waals surface area (Å²) in [5.41, 5.74) is 2.88. The van der Waals surface area contributed by atoms with E-state index in [1.807, 2.05) is 18.2 Å². The van der Waals surface area contributed by atoms with Crippen LogP contribution in [0, 0.1) is 5.92 Å². The summed E-state index contributed by atoms with van der Waals surface area (Å²) in [5.74, 6) is -0.0135. The molecule has 1 N–H and O–H groups in total. The summed E-state index contributed by atoms with van der Waals surface area (Å²) in [7, 11) is 0. The predicted octanol–water partition coefficient (Wildman–Crippen LogP) is 4.16. The number of thiophene rings is 1. The Kier molecular flexibility index (Phi) is 4.34. The molecule has 0 radical (unpaired) electrons. The number of hydrogen-bond acceptors (Lipinski definition) is 4. The Morgan fingerprint density at radius 3 is 2.80 bits per heavy atom. The lowest BCUT2D eigenvalue weighted by Crippen LogP contribution is -2.17. The van der Waals surface area contributed by atoms with Crippen molar-refractivity contribution < 1.29 is 14.3 Å². The van der Waals surface area contributed by atoms with Crippen LogP contribution >= 0.6 is 11.3 Å². The molecule has 0 saturated heterocycles. The van der Waals surface area contributed by atoms with Gasteiger partial charge in [-0.3, -0.25) is 4.79 Å². The molecule has 4 rings (SSSR count). The topological polar surface area (TPSA) is 55.4 Å². The van der Waals surface area contributed by atoms with E-state index in [9.17, 15) is 9.59 Å². The summed E-state index contributed by atoms with van der Waals surface area (Å²) in [4.78, 5) is 26.3. The van der Waals surface area contributed by atoms with Crippen molar-refractivity contribution in [1.82, 2.24) is 0 Å². The Morgan fingerprint density at radius 2 is 2.04 bits per heavy atom. The van der Waals surface area contributed by atoms with Gasteiger partial charge in [-0.1, -0.05) is 30.3 Å². The van der Waals surface area contributed by atoms with Crippen molar-refractivity contribution in [2.45, 2.75) is 38.5 Å². The van der Waals surface area contributed by atoms with Gasteiger partial charge in [-0.05, 0) is 49.7 Å². The normalized spacial score (nSPS) is 20.8. The maximum absolute atomic E-state index is 12.7. The van der Waals surface area contributed by atoms with Crippen LogP contribution in [0.4, 0.5) is 5.00 Å². The lowest BCUT2D eigenvalue weighted by Gasteiger charge is -2.08. The van der Waals surface area contributed by atoms with E-state index in [0.29, 0.717) is 23.1 Å². The highest BCUT2D eigenvalue weighted by Gasteiger charge is 2.44. The molecule has 1 aromatic carbocycles. The number of aryl methyl sites for hydroxylation is 1. The van der Waals surface area contributed by atoms with E-state index in [1.165, 1.54) is 10.4 Å². The largest absolute Gasteiger partial charge is 0.462 e. The number of benzene rings is 1. The smallest absolute Gasteiger partial charge is 0.341 e. The molecule has 5 heteroatoms. The number of nitrogens with one attached hydrogen (secondary N) is 1. The highest BCUT2D eigenvalue weighted by atomic mass is 32.1. The summed E-state index contributed by atoms with van der Waals surface area (Å²) in [6.07, 6.45) is 3.82. The van der Waals surface area contributed by atoms with Crippen LogP contribution in [-0.4, -0.2) is 18.5 Å². The van der Waals surface area contributed by atoms with E-state index in [2.05, 4.69) is 17.4 Å². The number of rotatable bonds is 5. The molecule has 0 spiro atoms. The number of amides is 1. The highest BCUT2D eigenvalue weighted by molar-refractivity contribution is 7.17.